The average Bonchev–Trinajstić information content (AvgIpc) is 3.47. The molecule has 1 N–H and O–H groups in total. The summed E-state index contributed by atoms with van der Waals surface area (Å²) in [6.45, 7) is 6.45. The number of carboxylic acid groups (broad SMARTS) is 1. The second kappa shape index (κ2) is 11.4. The van der Waals surface area contributed by atoms with Gasteiger partial charge in [-0.2, -0.15) is 0 Å². The van der Waals surface area contributed by atoms with Crippen LogP contribution in [0.25, 0.3) is 11.1 Å². The van der Waals surface area contributed by atoms with Gasteiger partial charge in [0, 0.05) is 35.3 Å². The molecule has 5 rings (SSSR count). The van der Waals surface area contributed by atoms with E-state index in [1.165, 1.54) is 12.3 Å². The van der Waals surface area contributed by atoms with Crippen LogP contribution in [0.3, 0.4) is 0 Å². The highest BCUT2D eigenvalue weighted by molar-refractivity contribution is 7.90. The van der Waals surface area contributed by atoms with Crippen LogP contribution >= 0.6 is 0 Å². The molecule has 3 aromatic rings. The molecule has 7 nitrogen and oxygen atoms in total. The molecule has 0 aromatic heterocycles. The molecule has 0 bridgehead atoms. The lowest BCUT2D eigenvalue weighted by Crippen LogP contribution is -2.18. The standard InChI is InChI=1S/C32H35FO7S/c1-18(17-41(4,36)37)15-38-23-11-19(2)31(20(3)12-23)25-7-9-27(33)32-26(25)8-10-28(32)40-22-5-6-24-21(13-30(34)35)16-39-29(24)14-22/h5-7,9,11-12,14,18,21,28H,8,10,13,15-17H2,1-4H3,(H,34,35)/t18-,21?,28+/m0/s1. The van der Waals surface area contributed by atoms with Crippen LogP contribution in [-0.2, 0) is 21.1 Å². The molecule has 1 aliphatic carbocycles. The van der Waals surface area contributed by atoms with Crippen LogP contribution < -0.4 is 14.2 Å². The van der Waals surface area contributed by atoms with Gasteiger partial charge in [-0.25, -0.2) is 12.8 Å². The molecule has 0 saturated carbocycles. The normalized spacial score (nSPS) is 18.4. The van der Waals surface area contributed by atoms with Crippen molar-refractivity contribution in [3.8, 4) is 28.4 Å². The number of hydrogen-bond acceptors (Lipinski definition) is 6. The van der Waals surface area contributed by atoms with Crippen molar-refractivity contribution in [2.45, 2.75) is 52.1 Å². The molecule has 218 valence electrons. The maximum absolute atomic E-state index is 15.3. The van der Waals surface area contributed by atoms with Crippen molar-refractivity contribution < 1.29 is 36.9 Å². The fraction of sp³-hybridized carbons (Fsp3) is 0.406. The Kier molecular flexibility index (Phi) is 8.01. The Labute approximate surface area is 240 Å². The van der Waals surface area contributed by atoms with Crippen molar-refractivity contribution in [1.29, 1.82) is 0 Å². The number of benzene rings is 3. The van der Waals surface area contributed by atoms with Gasteiger partial charge in [0.15, 0.2) is 0 Å². The van der Waals surface area contributed by atoms with Crippen LogP contribution in [-0.4, -0.2) is 44.7 Å². The molecule has 1 heterocycles. The second-order valence-electron chi connectivity index (χ2n) is 11.4. The van der Waals surface area contributed by atoms with Gasteiger partial charge in [0.1, 0.15) is 39.0 Å². The first-order valence-electron chi connectivity index (χ1n) is 13.8. The summed E-state index contributed by atoms with van der Waals surface area (Å²) < 4.78 is 56.4. The zero-order valence-corrected chi connectivity index (χ0v) is 24.5. The molecule has 3 aromatic carbocycles. The number of sulfone groups is 1. The Bertz CT molecular complexity index is 1570. The Balaban J connectivity index is 1.37. The summed E-state index contributed by atoms with van der Waals surface area (Å²) in [6.07, 6.45) is 2.06. The fourth-order valence-electron chi connectivity index (χ4n) is 6.14. The summed E-state index contributed by atoms with van der Waals surface area (Å²) in [5.74, 6) is 0.412. The largest absolute Gasteiger partial charge is 0.493 e. The van der Waals surface area contributed by atoms with Crippen LogP contribution in [0, 0.1) is 25.6 Å². The van der Waals surface area contributed by atoms with E-state index in [0.717, 1.165) is 33.4 Å². The number of fused-ring (bicyclic) bond motifs is 2. The zero-order chi connectivity index (χ0) is 29.5. The van der Waals surface area contributed by atoms with E-state index in [0.29, 0.717) is 48.9 Å². The summed E-state index contributed by atoms with van der Waals surface area (Å²) in [7, 11) is -3.08. The minimum absolute atomic E-state index is 0.00539. The summed E-state index contributed by atoms with van der Waals surface area (Å²) in [5, 5.41) is 9.15. The summed E-state index contributed by atoms with van der Waals surface area (Å²) in [6, 6.07) is 12.6. The van der Waals surface area contributed by atoms with E-state index in [4.69, 9.17) is 19.3 Å². The van der Waals surface area contributed by atoms with Gasteiger partial charge in [0.2, 0.25) is 0 Å². The Morgan fingerprint density at radius 3 is 2.54 bits per heavy atom. The number of aliphatic carboxylic acids is 1. The van der Waals surface area contributed by atoms with Gasteiger partial charge in [-0.05, 0) is 78.8 Å². The van der Waals surface area contributed by atoms with Gasteiger partial charge in [0.05, 0.1) is 25.4 Å². The van der Waals surface area contributed by atoms with E-state index in [2.05, 4.69) is 0 Å². The van der Waals surface area contributed by atoms with Crippen LogP contribution in [0.15, 0.2) is 42.5 Å². The molecule has 0 fully saturated rings. The quantitative estimate of drug-likeness (QED) is 0.305. The monoisotopic (exact) mass is 582 g/mol. The molecule has 2 aliphatic rings. The lowest BCUT2D eigenvalue weighted by atomic mass is 9.90. The van der Waals surface area contributed by atoms with E-state index in [-0.39, 0.29) is 29.8 Å². The van der Waals surface area contributed by atoms with Crippen LogP contribution in [0.2, 0.25) is 0 Å². The fourth-order valence-corrected chi connectivity index (χ4v) is 7.27. The SMILES string of the molecule is Cc1cc(OC[C@H](C)CS(C)(=O)=O)cc(C)c1-c1ccc(F)c2c1CC[C@H]2Oc1ccc2c(c1)OCC2CC(=O)O. The summed E-state index contributed by atoms with van der Waals surface area (Å²) in [5.41, 5.74) is 6.30. The minimum atomic E-state index is -3.08. The first-order chi connectivity index (χ1) is 19.4. The number of ether oxygens (including phenoxy) is 3. The van der Waals surface area contributed by atoms with Crippen molar-refractivity contribution in [3.05, 3.63) is 76.1 Å². The average molecular weight is 583 g/mol. The van der Waals surface area contributed by atoms with Gasteiger partial charge in [-0.15, -0.1) is 0 Å². The number of carbonyl (C=O) groups is 1. The highest BCUT2D eigenvalue weighted by Crippen LogP contribution is 2.45. The number of aryl methyl sites for hydroxylation is 2. The Hall–Kier alpha value is -3.59. The third-order valence-electron chi connectivity index (χ3n) is 7.74. The van der Waals surface area contributed by atoms with Gasteiger partial charge >= 0.3 is 5.97 Å². The highest BCUT2D eigenvalue weighted by Gasteiger charge is 2.32. The third kappa shape index (κ3) is 6.35. The number of hydrogen-bond donors (Lipinski definition) is 1. The van der Waals surface area contributed by atoms with Gasteiger partial charge in [0.25, 0.3) is 0 Å². The maximum Gasteiger partial charge on any atom is 0.304 e. The maximum atomic E-state index is 15.3. The first kappa shape index (κ1) is 28.9. The molecule has 3 atom stereocenters. The molecule has 1 aliphatic heterocycles. The van der Waals surface area contributed by atoms with E-state index in [1.54, 1.807) is 12.1 Å². The zero-order valence-electron chi connectivity index (χ0n) is 23.7. The van der Waals surface area contributed by atoms with Crippen LogP contribution in [0.4, 0.5) is 4.39 Å². The highest BCUT2D eigenvalue weighted by atomic mass is 32.2. The van der Waals surface area contributed by atoms with Crippen molar-refractivity contribution in [2.24, 2.45) is 5.92 Å². The molecular weight excluding hydrogens is 547 g/mol. The molecule has 0 saturated heterocycles. The number of halogens is 1. The Morgan fingerprint density at radius 2 is 1.85 bits per heavy atom. The first-order valence-corrected chi connectivity index (χ1v) is 15.8. The molecular formula is C32H35FO7S. The van der Waals surface area contributed by atoms with E-state index in [1.807, 2.05) is 45.0 Å². The molecule has 41 heavy (non-hydrogen) atoms. The predicted octanol–water partition coefficient (Wildman–Crippen LogP) is 6.19. The van der Waals surface area contributed by atoms with Crippen molar-refractivity contribution in [1.82, 2.24) is 0 Å². The number of carboxylic acids is 1. The number of rotatable bonds is 10. The van der Waals surface area contributed by atoms with Crippen LogP contribution in [0.1, 0.15) is 59.6 Å². The van der Waals surface area contributed by atoms with Gasteiger partial charge < -0.3 is 19.3 Å². The lowest BCUT2D eigenvalue weighted by Gasteiger charge is -2.19. The minimum Gasteiger partial charge on any atom is -0.493 e. The molecule has 0 amide bonds. The van der Waals surface area contributed by atoms with Crippen LogP contribution in [0.5, 0.6) is 17.2 Å². The molecule has 1 unspecified atom stereocenters. The lowest BCUT2D eigenvalue weighted by molar-refractivity contribution is -0.137. The predicted molar refractivity (Wildman–Crippen MR) is 154 cm³/mol. The van der Waals surface area contributed by atoms with E-state index < -0.39 is 21.9 Å². The molecule has 0 radical (unpaired) electrons. The summed E-state index contributed by atoms with van der Waals surface area (Å²) in [4.78, 5) is 11.2. The Morgan fingerprint density at radius 1 is 1.12 bits per heavy atom. The third-order valence-corrected chi connectivity index (χ3v) is 8.92. The molecule has 9 heteroatoms. The van der Waals surface area contributed by atoms with Gasteiger partial charge in [-0.1, -0.05) is 19.1 Å². The van der Waals surface area contributed by atoms with Crippen molar-refractivity contribution in [2.75, 3.05) is 25.2 Å². The van der Waals surface area contributed by atoms with Gasteiger partial charge in [-0.3, -0.25) is 4.79 Å². The van der Waals surface area contributed by atoms with Crippen molar-refractivity contribution >= 4 is 15.8 Å². The smallest absolute Gasteiger partial charge is 0.304 e. The topological polar surface area (TPSA) is 99.1 Å². The van der Waals surface area contributed by atoms with E-state index >= 15 is 4.39 Å². The molecule has 0 spiro atoms. The summed E-state index contributed by atoms with van der Waals surface area (Å²) >= 11 is 0. The van der Waals surface area contributed by atoms with E-state index in [9.17, 15) is 13.2 Å². The van der Waals surface area contributed by atoms with Crippen molar-refractivity contribution in [3.63, 3.8) is 0 Å². The second-order valence-corrected chi connectivity index (χ2v) is 13.6.